The predicted octanol–water partition coefficient (Wildman–Crippen LogP) is 6.47. The van der Waals surface area contributed by atoms with Crippen LogP contribution in [0.5, 0.6) is 17.2 Å². The second kappa shape index (κ2) is 14.1. The van der Waals surface area contributed by atoms with E-state index in [0.717, 1.165) is 23.8 Å². The van der Waals surface area contributed by atoms with Gasteiger partial charge in [-0.1, -0.05) is 13.0 Å². The quantitative estimate of drug-likeness (QED) is 0.193. The second-order valence-corrected chi connectivity index (χ2v) is 12.3. The monoisotopic (exact) mass is 630 g/mol. The summed E-state index contributed by atoms with van der Waals surface area (Å²) < 4.78 is 25.4. The molecule has 1 fully saturated rings. The molecule has 46 heavy (non-hydrogen) atoms. The first-order valence-corrected chi connectivity index (χ1v) is 15.6. The molecular formula is C35H42N4O7. The Kier molecular flexibility index (Phi) is 10.0. The van der Waals surface area contributed by atoms with Crippen LogP contribution in [0.15, 0.2) is 65.7 Å². The van der Waals surface area contributed by atoms with Crippen molar-refractivity contribution in [1.29, 1.82) is 0 Å². The lowest BCUT2D eigenvalue weighted by Gasteiger charge is -2.33. The predicted molar refractivity (Wildman–Crippen MR) is 177 cm³/mol. The Morgan fingerprint density at radius 1 is 1.00 bits per heavy atom. The van der Waals surface area contributed by atoms with Gasteiger partial charge in [0.1, 0.15) is 35.0 Å². The van der Waals surface area contributed by atoms with Crippen LogP contribution in [0.4, 0.5) is 10.5 Å². The Morgan fingerprint density at radius 2 is 1.76 bits per heavy atom. The fourth-order valence-corrected chi connectivity index (χ4v) is 5.30. The van der Waals surface area contributed by atoms with E-state index in [1.54, 1.807) is 43.4 Å². The zero-order chi connectivity index (χ0) is 32.8. The lowest BCUT2D eigenvalue weighted by Crippen LogP contribution is -2.43. The first-order valence-electron chi connectivity index (χ1n) is 15.6. The number of hydrogen-bond donors (Lipinski definition) is 2. The largest absolute Gasteiger partial charge is 0.491 e. The van der Waals surface area contributed by atoms with Crippen LogP contribution in [0.3, 0.4) is 0 Å². The number of fused-ring (bicyclic) bond motifs is 1. The maximum Gasteiger partial charge on any atom is 0.410 e. The molecule has 0 saturated carbocycles. The van der Waals surface area contributed by atoms with Crippen molar-refractivity contribution >= 4 is 28.6 Å². The van der Waals surface area contributed by atoms with Crippen molar-refractivity contribution in [2.45, 2.75) is 58.7 Å². The molecule has 1 aliphatic rings. The van der Waals surface area contributed by atoms with E-state index < -0.39 is 5.60 Å². The topological polar surface area (TPSA) is 124 Å². The molecule has 1 saturated heterocycles. The van der Waals surface area contributed by atoms with Crippen molar-refractivity contribution in [3.63, 3.8) is 0 Å². The number of rotatable bonds is 10. The fraction of sp³-hybridized carbons (Fsp3) is 0.400. The molecular weight excluding hydrogens is 588 g/mol. The maximum atomic E-state index is 12.7. The van der Waals surface area contributed by atoms with E-state index in [2.05, 4.69) is 10.3 Å². The standard InChI is InChI=1S/C35H42N4O7/c1-6-31(40)37-23-10-11-30(28(20-23)29-22-38(5)33(41)32-27(29)12-15-36-32)45-26-9-7-8-25(21-26)44-19-18-43-24-13-16-39(17-14-24)34(42)46-35(2,3)4/h7-12,15,20-22,24,36H,6,13-14,16-19H2,1-5H3,(H,37,40). The first-order chi connectivity index (χ1) is 22.0. The summed E-state index contributed by atoms with van der Waals surface area (Å²) in [5.41, 5.74) is 1.96. The van der Waals surface area contributed by atoms with Crippen molar-refractivity contribution in [2.24, 2.45) is 7.05 Å². The van der Waals surface area contributed by atoms with E-state index in [4.69, 9.17) is 18.9 Å². The van der Waals surface area contributed by atoms with Crippen LogP contribution in [-0.2, 0) is 21.3 Å². The number of aryl methyl sites for hydroxylation is 1. The molecule has 0 radical (unpaired) electrons. The Hall–Kier alpha value is -4.77. The van der Waals surface area contributed by atoms with Crippen LogP contribution in [-0.4, -0.2) is 64.5 Å². The number of likely N-dealkylation sites (tertiary alicyclic amines) is 1. The number of benzene rings is 2. The minimum Gasteiger partial charge on any atom is -0.491 e. The summed E-state index contributed by atoms with van der Waals surface area (Å²) in [5, 5.41) is 3.66. The number of piperidine rings is 1. The smallest absolute Gasteiger partial charge is 0.410 e. The Morgan fingerprint density at radius 3 is 2.50 bits per heavy atom. The van der Waals surface area contributed by atoms with Gasteiger partial charge in [0.15, 0.2) is 0 Å². The lowest BCUT2D eigenvalue weighted by molar-refractivity contribution is -0.115. The number of nitrogens with one attached hydrogen (secondary N) is 2. The van der Waals surface area contributed by atoms with Crippen molar-refractivity contribution in [3.05, 3.63) is 71.3 Å². The fourth-order valence-electron chi connectivity index (χ4n) is 5.30. The van der Waals surface area contributed by atoms with Gasteiger partial charge in [-0.25, -0.2) is 4.79 Å². The van der Waals surface area contributed by atoms with Crippen molar-refractivity contribution in [1.82, 2.24) is 14.5 Å². The molecule has 2 aromatic heterocycles. The lowest BCUT2D eigenvalue weighted by atomic mass is 10.0. The summed E-state index contributed by atoms with van der Waals surface area (Å²) in [6, 6.07) is 14.7. The third-order valence-electron chi connectivity index (χ3n) is 7.60. The number of aromatic nitrogens is 2. The average molecular weight is 631 g/mol. The number of carbonyl (C=O) groups is 2. The van der Waals surface area contributed by atoms with Gasteiger partial charge in [-0.15, -0.1) is 0 Å². The van der Waals surface area contributed by atoms with Gasteiger partial charge in [-0.2, -0.15) is 0 Å². The molecule has 0 atom stereocenters. The van der Waals surface area contributed by atoms with Crippen molar-refractivity contribution < 1.29 is 28.5 Å². The summed E-state index contributed by atoms with van der Waals surface area (Å²) in [6.45, 7) is 9.36. The number of amides is 2. The minimum absolute atomic E-state index is 0.0597. The van der Waals surface area contributed by atoms with Crippen LogP contribution in [0, 0.1) is 0 Å². The molecule has 0 bridgehead atoms. The van der Waals surface area contributed by atoms with Crippen molar-refractivity contribution in [3.8, 4) is 28.4 Å². The molecule has 2 N–H and O–H groups in total. The third kappa shape index (κ3) is 8.08. The van der Waals surface area contributed by atoms with E-state index in [1.807, 2.05) is 57.2 Å². The van der Waals surface area contributed by atoms with Gasteiger partial charge in [0.2, 0.25) is 5.91 Å². The highest BCUT2D eigenvalue weighted by molar-refractivity contribution is 5.98. The van der Waals surface area contributed by atoms with E-state index in [1.165, 1.54) is 4.57 Å². The molecule has 1 aliphatic heterocycles. The van der Waals surface area contributed by atoms with Gasteiger partial charge in [-0.3, -0.25) is 9.59 Å². The average Bonchev–Trinajstić information content (AvgIpc) is 3.52. The molecule has 0 spiro atoms. The van der Waals surface area contributed by atoms with E-state index >= 15 is 0 Å². The molecule has 0 aliphatic carbocycles. The van der Waals surface area contributed by atoms with Gasteiger partial charge in [-0.05, 0) is 70.0 Å². The summed E-state index contributed by atoms with van der Waals surface area (Å²) >= 11 is 0. The maximum absolute atomic E-state index is 12.7. The van der Waals surface area contributed by atoms with Crippen LogP contribution in [0.1, 0.15) is 47.0 Å². The molecule has 4 aromatic rings. The number of aromatic amines is 1. The normalized spacial score (nSPS) is 13.9. The van der Waals surface area contributed by atoms with Crippen LogP contribution < -0.4 is 20.3 Å². The Balaban J connectivity index is 1.24. The number of carbonyl (C=O) groups excluding carboxylic acids is 2. The Bertz CT molecular complexity index is 1750. The zero-order valence-electron chi connectivity index (χ0n) is 27.1. The van der Waals surface area contributed by atoms with Gasteiger partial charge in [0.05, 0.1) is 12.7 Å². The first kappa shape index (κ1) is 32.6. The zero-order valence-corrected chi connectivity index (χ0v) is 27.1. The summed E-state index contributed by atoms with van der Waals surface area (Å²) in [4.78, 5) is 41.9. The molecule has 11 heteroatoms. The molecule has 0 unspecified atom stereocenters. The second-order valence-electron chi connectivity index (χ2n) is 12.3. The highest BCUT2D eigenvalue weighted by Gasteiger charge is 2.27. The molecule has 11 nitrogen and oxygen atoms in total. The van der Waals surface area contributed by atoms with Gasteiger partial charge < -0.3 is 38.7 Å². The molecule has 5 rings (SSSR count). The summed E-state index contributed by atoms with van der Waals surface area (Å²) in [7, 11) is 1.70. The van der Waals surface area contributed by atoms with Crippen LogP contribution in [0.25, 0.3) is 22.0 Å². The number of anilines is 1. The molecule has 244 valence electrons. The molecule has 2 amide bonds. The van der Waals surface area contributed by atoms with Gasteiger partial charge >= 0.3 is 6.09 Å². The molecule has 2 aromatic carbocycles. The summed E-state index contributed by atoms with van der Waals surface area (Å²) in [6.07, 6.45) is 5.12. The minimum atomic E-state index is -0.511. The van der Waals surface area contributed by atoms with Crippen molar-refractivity contribution in [2.75, 3.05) is 31.6 Å². The molecule has 3 heterocycles. The summed E-state index contributed by atoms with van der Waals surface area (Å²) in [5.74, 6) is 1.64. The number of ether oxygens (including phenoxy) is 4. The van der Waals surface area contributed by atoms with Gasteiger partial charge in [0.25, 0.3) is 5.56 Å². The number of hydrogen-bond acceptors (Lipinski definition) is 7. The highest BCUT2D eigenvalue weighted by atomic mass is 16.6. The number of pyridine rings is 1. The van der Waals surface area contributed by atoms with E-state index in [0.29, 0.717) is 66.7 Å². The van der Waals surface area contributed by atoms with Crippen LogP contribution >= 0.6 is 0 Å². The number of nitrogens with zero attached hydrogens (tertiary/aromatic N) is 2. The van der Waals surface area contributed by atoms with Gasteiger partial charge in [0, 0.05) is 67.2 Å². The Labute approximate surface area is 268 Å². The van der Waals surface area contributed by atoms with Crippen LogP contribution in [0.2, 0.25) is 0 Å². The van der Waals surface area contributed by atoms with E-state index in [-0.39, 0.29) is 23.7 Å². The third-order valence-corrected chi connectivity index (χ3v) is 7.60. The SMILES string of the molecule is CCC(=O)Nc1ccc(Oc2cccc(OCCOC3CCN(C(=O)OC(C)(C)C)CC3)c2)c(-c2cn(C)c(=O)c3[nH]ccc23)c1. The van der Waals surface area contributed by atoms with E-state index in [9.17, 15) is 14.4 Å². The number of H-pyrrole nitrogens is 1. The highest BCUT2D eigenvalue weighted by Crippen LogP contribution is 2.39.